The zero-order chi connectivity index (χ0) is 7.82. The standard InChI is InChI=1S/C7H17NO2/c1-7(8-6-10)4-2-3-5-9/h7-10H,2-6H2,1H3. The molecule has 1 atom stereocenters. The Hall–Kier alpha value is -0.120. The third-order valence-electron chi connectivity index (χ3n) is 1.48. The summed E-state index contributed by atoms with van der Waals surface area (Å²) in [6.07, 6.45) is 2.89. The first kappa shape index (κ1) is 9.88. The van der Waals surface area contributed by atoms with E-state index < -0.39 is 0 Å². The van der Waals surface area contributed by atoms with Crippen molar-refractivity contribution in [3.63, 3.8) is 0 Å². The van der Waals surface area contributed by atoms with Gasteiger partial charge in [0.15, 0.2) is 0 Å². The minimum atomic E-state index is 0.0420. The molecule has 0 bridgehead atoms. The van der Waals surface area contributed by atoms with E-state index in [1.807, 2.05) is 6.92 Å². The van der Waals surface area contributed by atoms with Crippen LogP contribution in [0.15, 0.2) is 0 Å². The van der Waals surface area contributed by atoms with Gasteiger partial charge in [-0.1, -0.05) is 0 Å². The van der Waals surface area contributed by atoms with E-state index in [1.165, 1.54) is 0 Å². The van der Waals surface area contributed by atoms with Crippen molar-refractivity contribution in [2.24, 2.45) is 0 Å². The lowest BCUT2D eigenvalue weighted by Crippen LogP contribution is -2.26. The lowest BCUT2D eigenvalue weighted by atomic mass is 10.1. The Morgan fingerprint density at radius 1 is 1.30 bits per heavy atom. The summed E-state index contributed by atoms with van der Waals surface area (Å²) < 4.78 is 0. The second-order valence-electron chi connectivity index (χ2n) is 2.48. The fourth-order valence-electron chi connectivity index (χ4n) is 0.820. The minimum absolute atomic E-state index is 0.0420. The number of aliphatic hydroxyl groups is 2. The van der Waals surface area contributed by atoms with Crippen molar-refractivity contribution < 1.29 is 10.2 Å². The smallest absolute Gasteiger partial charge is 0.0933 e. The Labute approximate surface area is 62.1 Å². The summed E-state index contributed by atoms with van der Waals surface area (Å²) in [4.78, 5) is 0. The molecule has 0 aromatic carbocycles. The van der Waals surface area contributed by atoms with Gasteiger partial charge in [0.25, 0.3) is 0 Å². The number of hydrogen-bond acceptors (Lipinski definition) is 3. The molecule has 0 aromatic rings. The summed E-state index contributed by atoms with van der Waals surface area (Å²) in [5.74, 6) is 0. The van der Waals surface area contributed by atoms with Crippen LogP contribution >= 0.6 is 0 Å². The maximum atomic E-state index is 8.44. The molecule has 0 spiro atoms. The average Bonchev–Trinajstić information content (AvgIpc) is 1.89. The fraction of sp³-hybridized carbons (Fsp3) is 1.00. The number of unbranched alkanes of at least 4 members (excludes halogenated alkanes) is 1. The molecule has 62 valence electrons. The Balaban J connectivity index is 2.97. The summed E-state index contributed by atoms with van der Waals surface area (Å²) in [5.41, 5.74) is 0. The molecule has 0 aliphatic heterocycles. The van der Waals surface area contributed by atoms with Crippen LogP contribution in [0.5, 0.6) is 0 Å². The van der Waals surface area contributed by atoms with Gasteiger partial charge in [0, 0.05) is 12.6 Å². The van der Waals surface area contributed by atoms with Crippen molar-refractivity contribution in [1.29, 1.82) is 0 Å². The van der Waals surface area contributed by atoms with Gasteiger partial charge in [0.1, 0.15) is 0 Å². The molecule has 0 heterocycles. The van der Waals surface area contributed by atoms with Gasteiger partial charge in [-0.25, -0.2) is 0 Å². The number of aliphatic hydroxyl groups excluding tert-OH is 2. The highest BCUT2D eigenvalue weighted by molar-refractivity contribution is 4.56. The molecule has 3 N–H and O–H groups in total. The lowest BCUT2D eigenvalue weighted by Gasteiger charge is -2.09. The predicted molar refractivity (Wildman–Crippen MR) is 40.6 cm³/mol. The molecule has 3 heteroatoms. The third-order valence-corrected chi connectivity index (χ3v) is 1.48. The number of rotatable bonds is 6. The summed E-state index contributed by atoms with van der Waals surface area (Å²) in [5, 5.41) is 19.8. The Morgan fingerprint density at radius 3 is 2.50 bits per heavy atom. The highest BCUT2D eigenvalue weighted by Crippen LogP contribution is 1.98. The van der Waals surface area contributed by atoms with E-state index in [-0.39, 0.29) is 13.3 Å². The van der Waals surface area contributed by atoms with Crippen molar-refractivity contribution in [3.8, 4) is 0 Å². The molecule has 0 aliphatic carbocycles. The van der Waals surface area contributed by atoms with Gasteiger partial charge in [-0.2, -0.15) is 0 Å². The summed E-state index contributed by atoms with van der Waals surface area (Å²) >= 11 is 0. The van der Waals surface area contributed by atoms with Gasteiger partial charge in [-0.05, 0) is 26.2 Å². The predicted octanol–water partition coefficient (Wildman–Crippen LogP) is 0.0769. The van der Waals surface area contributed by atoms with Gasteiger partial charge in [0.05, 0.1) is 6.73 Å². The Bertz CT molecular complexity index is 68.6. The van der Waals surface area contributed by atoms with Crippen molar-refractivity contribution >= 4 is 0 Å². The zero-order valence-corrected chi connectivity index (χ0v) is 6.51. The summed E-state index contributed by atoms with van der Waals surface area (Å²) in [6.45, 7) is 2.33. The van der Waals surface area contributed by atoms with Crippen molar-refractivity contribution in [1.82, 2.24) is 5.32 Å². The molecule has 0 aliphatic rings. The first-order valence-electron chi connectivity index (χ1n) is 3.76. The summed E-state index contributed by atoms with van der Waals surface area (Å²) in [6, 6.07) is 0.358. The van der Waals surface area contributed by atoms with Crippen LogP contribution in [-0.2, 0) is 0 Å². The first-order chi connectivity index (χ1) is 4.81. The quantitative estimate of drug-likeness (QED) is 0.368. The highest BCUT2D eigenvalue weighted by Gasteiger charge is 1.97. The van der Waals surface area contributed by atoms with Crippen LogP contribution < -0.4 is 5.32 Å². The fourth-order valence-corrected chi connectivity index (χ4v) is 0.820. The molecule has 0 rings (SSSR count). The lowest BCUT2D eigenvalue weighted by molar-refractivity contribution is 0.236. The van der Waals surface area contributed by atoms with Crippen LogP contribution in [0.2, 0.25) is 0 Å². The van der Waals surface area contributed by atoms with Crippen LogP contribution in [-0.4, -0.2) is 29.6 Å². The maximum Gasteiger partial charge on any atom is 0.0933 e. The van der Waals surface area contributed by atoms with Gasteiger partial charge in [-0.3, -0.25) is 5.32 Å². The second-order valence-corrected chi connectivity index (χ2v) is 2.48. The third kappa shape index (κ3) is 6.01. The molecule has 0 saturated heterocycles. The molecular weight excluding hydrogens is 130 g/mol. The molecule has 0 amide bonds. The first-order valence-corrected chi connectivity index (χ1v) is 3.76. The van der Waals surface area contributed by atoms with Gasteiger partial charge in [0.2, 0.25) is 0 Å². The molecule has 0 fully saturated rings. The van der Waals surface area contributed by atoms with Crippen molar-refractivity contribution in [2.45, 2.75) is 32.2 Å². The van der Waals surface area contributed by atoms with E-state index in [1.54, 1.807) is 0 Å². The van der Waals surface area contributed by atoms with E-state index in [0.29, 0.717) is 6.04 Å². The SMILES string of the molecule is CC(CCCCO)NCO. The normalized spacial score (nSPS) is 13.5. The van der Waals surface area contributed by atoms with Crippen LogP contribution in [0, 0.1) is 0 Å². The Morgan fingerprint density at radius 2 is 2.00 bits per heavy atom. The van der Waals surface area contributed by atoms with E-state index in [4.69, 9.17) is 10.2 Å². The summed E-state index contributed by atoms with van der Waals surface area (Å²) in [7, 11) is 0. The van der Waals surface area contributed by atoms with E-state index in [2.05, 4.69) is 5.32 Å². The monoisotopic (exact) mass is 147 g/mol. The molecule has 1 unspecified atom stereocenters. The largest absolute Gasteiger partial charge is 0.396 e. The minimum Gasteiger partial charge on any atom is -0.396 e. The molecule has 0 saturated carbocycles. The number of nitrogens with one attached hydrogen (secondary N) is 1. The van der Waals surface area contributed by atoms with Gasteiger partial charge in [-0.15, -0.1) is 0 Å². The number of hydrogen-bond donors (Lipinski definition) is 3. The van der Waals surface area contributed by atoms with E-state index >= 15 is 0 Å². The van der Waals surface area contributed by atoms with Crippen LogP contribution in [0.25, 0.3) is 0 Å². The van der Waals surface area contributed by atoms with Crippen LogP contribution in [0.4, 0.5) is 0 Å². The van der Waals surface area contributed by atoms with Crippen molar-refractivity contribution in [3.05, 3.63) is 0 Å². The van der Waals surface area contributed by atoms with Crippen molar-refractivity contribution in [2.75, 3.05) is 13.3 Å². The van der Waals surface area contributed by atoms with Gasteiger partial charge >= 0.3 is 0 Å². The molecule has 0 aromatic heterocycles. The Kier molecular flexibility index (Phi) is 6.91. The van der Waals surface area contributed by atoms with Gasteiger partial charge < -0.3 is 10.2 Å². The molecule has 10 heavy (non-hydrogen) atoms. The van der Waals surface area contributed by atoms with E-state index in [0.717, 1.165) is 19.3 Å². The zero-order valence-electron chi connectivity index (χ0n) is 6.51. The molecule has 0 radical (unpaired) electrons. The van der Waals surface area contributed by atoms with Crippen LogP contribution in [0.1, 0.15) is 26.2 Å². The topological polar surface area (TPSA) is 52.5 Å². The molecule has 3 nitrogen and oxygen atoms in total. The molecular formula is C7H17NO2. The van der Waals surface area contributed by atoms with E-state index in [9.17, 15) is 0 Å². The maximum absolute atomic E-state index is 8.44. The highest BCUT2D eigenvalue weighted by atomic mass is 16.3. The van der Waals surface area contributed by atoms with Crippen LogP contribution in [0.3, 0.4) is 0 Å². The average molecular weight is 147 g/mol. The second kappa shape index (κ2) is 6.99.